The van der Waals surface area contributed by atoms with Crippen molar-refractivity contribution in [3.63, 3.8) is 0 Å². The summed E-state index contributed by atoms with van der Waals surface area (Å²) in [6.07, 6.45) is 3.74. The third-order valence-electron chi connectivity index (χ3n) is 5.46. The molecule has 3 aromatic rings. The lowest BCUT2D eigenvalue weighted by atomic mass is 10.0. The quantitative estimate of drug-likeness (QED) is 0.529. The Morgan fingerprint density at radius 3 is 2.42 bits per heavy atom. The van der Waals surface area contributed by atoms with Crippen LogP contribution in [0.3, 0.4) is 0 Å². The average molecular weight is 463 g/mol. The summed E-state index contributed by atoms with van der Waals surface area (Å²) < 4.78 is 16.3. The Morgan fingerprint density at radius 1 is 1.10 bits per heavy atom. The molecule has 0 saturated carbocycles. The van der Waals surface area contributed by atoms with Crippen LogP contribution in [0.15, 0.2) is 24.4 Å². The number of nitrogens with two attached hydrogens (primary N) is 1. The van der Waals surface area contributed by atoms with Gasteiger partial charge in [-0.2, -0.15) is 0 Å². The van der Waals surface area contributed by atoms with E-state index in [0.29, 0.717) is 50.4 Å². The number of ether oxygens (including phenoxy) is 3. The van der Waals surface area contributed by atoms with Gasteiger partial charge in [0.2, 0.25) is 0 Å². The van der Waals surface area contributed by atoms with Crippen molar-refractivity contribution in [1.29, 1.82) is 0 Å². The number of nitrogen functional groups attached to an aromatic ring is 1. The van der Waals surface area contributed by atoms with E-state index in [4.69, 9.17) is 48.1 Å². The highest BCUT2D eigenvalue weighted by molar-refractivity contribution is 6.41. The molecule has 7 nitrogen and oxygen atoms in total. The maximum absolute atomic E-state index is 6.63. The number of hydrogen-bond donors (Lipinski definition) is 2. The van der Waals surface area contributed by atoms with Crippen LogP contribution in [0.4, 0.5) is 11.6 Å². The molecule has 4 rings (SSSR count). The number of hydrogen-bond acceptors (Lipinski definition) is 7. The Labute approximate surface area is 190 Å². The van der Waals surface area contributed by atoms with Crippen LogP contribution in [0, 0.1) is 5.92 Å². The van der Waals surface area contributed by atoms with Gasteiger partial charge in [0.05, 0.1) is 30.0 Å². The third kappa shape index (κ3) is 4.44. The van der Waals surface area contributed by atoms with Gasteiger partial charge in [0.1, 0.15) is 23.1 Å². The lowest BCUT2D eigenvalue weighted by Gasteiger charge is -2.23. The number of anilines is 2. The highest BCUT2D eigenvalue weighted by Crippen LogP contribution is 2.46. The molecule has 1 aromatic carbocycles. The SMILES string of the molecule is COc1cc(OC)c(Cl)c(-c2cc3cnc(N)cc3c(NCC3CCOCC3)n2)c1Cl. The Kier molecular flexibility index (Phi) is 6.55. The van der Waals surface area contributed by atoms with Crippen molar-refractivity contribution in [3.05, 3.63) is 34.4 Å². The lowest BCUT2D eigenvalue weighted by molar-refractivity contribution is 0.0699. The van der Waals surface area contributed by atoms with E-state index in [-0.39, 0.29) is 0 Å². The predicted octanol–water partition coefficient (Wildman–Crippen LogP) is 5.04. The molecule has 1 saturated heterocycles. The van der Waals surface area contributed by atoms with E-state index in [1.165, 1.54) is 0 Å². The van der Waals surface area contributed by atoms with Crippen molar-refractivity contribution in [2.24, 2.45) is 5.92 Å². The summed E-state index contributed by atoms with van der Waals surface area (Å²) in [5.41, 5.74) is 7.07. The second kappa shape index (κ2) is 9.34. The van der Waals surface area contributed by atoms with E-state index in [0.717, 1.165) is 43.4 Å². The van der Waals surface area contributed by atoms with Gasteiger partial charge >= 0.3 is 0 Å². The topological polar surface area (TPSA) is 91.5 Å². The maximum Gasteiger partial charge on any atom is 0.141 e. The van der Waals surface area contributed by atoms with Gasteiger partial charge in [-0.15, -0.1) is 0 Å². The molecule has 2 aromatic heterocycles. The molecule has 0 unspecified atom stereocenters. The van der Waals surface area contributed by atoms with Crippen molar-refractivity contribution in [3.8, 4) is 22.8 Å². The van der Waals surface area contributed by atoms with E-state index in [9.17, 15) is 0 Å². The van der Waals surface area contributed by atoms with Crippen molar-refractivity contribution in [2.45, 2.75) is 12.8 Å². The summed E-state index contributed by atoms with van der Waals surface area (Å²) in [5.74, 6) is 2.54. The van der Waals surface area contributed by atoms with Crippen LogP contribution >= 0.6 is 23.2 Å². The van der Waals surface area contributed by atoms with E-state index < -0.39 is 0 Å². The van der Waals surface area contributed by atoms with Crippen LogP contribution in [0.1, 0.15) is 12.8 Å². The largest absolute Gasteiger partial charge is 0.495 e. The fraction of sp³-hybridized carbons (Fsp3) is 0.364. The molecule has 0 bridgehead atoms. The molecule has 1 aliphatic rings. The molecular formula is C22H24Cl2N4O3. The first-order chi connectivity index (χ1) is 15.0. The van der Waals surface area contributed by atoms with Gasteiger partial charge in [-0.1, -0.05) is 23.2 Å². The number of nitrogens with one attached hydrogen (secondary N) is 1. The molecule has 1 fully saturated rings. The van der Waals surface area contributed by atoms with Crippen LogP contribution in [0.5, 0.6) is 11.5 Å². The first-order valence-corrected chi connectivity index (χ1v) is 10.8. The third-order valence-corrected chi connectivity index (χ3v) is 6.21. The normalized spacial score (nSPS) is 14.6. The molecule has 0 spiro atoms. The standard InChI is InChI=1S/C22H24Cl2N4O3/c1-29-16-9-17(30-2)21(24)19(20(16)23)15-7-13-11-26-18(25)8-14(13)22(28-15)27-10-12-3-5-31-6-4-12/h7-9,11-12H,3-6,10H2,1-2H3,(H2,25,26)(H,27,28). The maximum atomic E-state index is 6.63. The van der Waals surface area contributed by atoms with Gasteiger partial charge in [0.15, 0.2) is 0 Å². The number of methoxy groups -OCH3 is 2. The van der Waals surface area contributed by atoms with Gasteiger partial charge in [0.25, 0.3) is 0 Å². The Bertz CT molecular complexity index is 1080. The van der Waals surface area contributed by atoms with Gasteiger partial charge in [-0.25, -0.2) is 9.97 Å². The Balaban J connectivity index is 1.83. The lowest BCUT2D eigenvalue weighted by Crippen LogP contribution is -2.23. The Morgan fingerprint density at radius 2 is 1.77 bits per heavy atom. The number of rotatable bonds is 6. The molecule has 3 heterocycles. The van der Waals surface area contributed by atoms with E-state index in [2.05, 4.69) is 10.3 Å². The number of nitrogens with zero attached hydrogens (tertiary/aromatic N) is 2. The summed E-state index contributed by atoms with van der Waals surface area (Å²) in [5, 5.41) is 5.96. The predicted molar refractivity (Wildman–Crippen MR) is 125 cm³/mol. The molecule has 0 aliphatic carbocycles. The zero-order chi connectivity index (χ0) is 22.0. The number of fused-ring (bicyclic) bond motifs is 1. The minimum atomic E-state index is 0.360. The summed E-state index contributed by atoms with van der Waals surface area (Å²) in [4.78, 5) is 9.10. The van der Waals surface area contributed by atoms with Gasteiger partial charge < -0.3 is 25.3 Å². The zero-order valence-corrected chi connectivity index (χ0v) is 18.9. The fourth-order valence-electron chi connectivity index (χ4n) is 3.73. The van der Waals surface area contributed by atoms with Crippen molar-refractivity contribution in [2.75, 3.05) is 45.0 Å². The molecule has 31 heavy (non-hydrogen) atoms. The van der Waals surface area contributed by atoms with Gasteiger partial charge in [0, 0.05) is 48.4 Å². The first-order valence-electron chi connectivity index (χ1n) is 10.00. The first kappa shape index (κ1) is 21.7. The van der Waals surface area contributed by atoms with E-state index in [1.807, 2.05) is 12.1 Å². The summed E-state index contributed by atoms with van der Waals surface area (Å²) >= 11 is 13.3. The highest BCUT2D eigenvalue weighted by atomic mass is 35.5. The molecule has 3 N–H and O–H groups in total. The fourth-order valence-corrected chi connectivity index (χ4v) is 4.42. The van der Waals surface area contributed by atoms with Crippen molar-refractivity contribution in [1.82, 2.24) is 9.97 Å². The molecule has 0 atom stereocenters. The summed E-state index contributed by atoms with van der Waals surface area (Å²) in [6, 6.07) is 5.35. The molecule has 0 amide bonds. The average Bonchev–Trinajstić information content (AvgIpc) is 2.78. The van der Waals surface area contributed by atoms with E-state index >= 15 is 0 Å². The molecule has 9 heteroatoms. The molecule has 0 radical (unpaired) electrons. The van der Waals surface area contributed by atoms with Crippen LogP contribution < -0.4 is 20.5 Å². The summed E-state index contributed by atoms with van der Waals surface area (Å²) in [6.45, 7) is 2.35. The molecule has 164 valence electrons. The zero-order valence-electron chi connectivity index (χ0n) is 17.4. The second-order valence-corrected chi connectivity index (χ2v) is 8.16. The summed E-state index contributed by atoms with van der Waals surface area (Å²) in [7, 11) is 3.08. The van der Waals surface area contributed by atoms with E-state index in [1.54, 1.807) is 26.5 Å². The van der Waals surface area contributed by atoms with Gasteiger partial charge in [-0.3, -0.25) is 0 Å². The minimum Gasteiger partial charge on any atom is -0.495 e. The van der Waals surface area contributed by atoms with Crippen LogP contribution in [-0.2, 0) is 4.74 Å². The number of halogens is 2. The van der Waals surface area contributed by atoms with Crippen LogP contribution in [-0.4, -0.2) is 43.9 Å². The second-order valence-electron chi connectivity index (χ2n) is 7.41. The monoisotopic (exact) mass is 462 g/mol. The smallest absolute Gasteiger partial charge is 0.141 e. The van der Waals surface area contributed by atoms with Crippen molar-refractivity contribution < 1.29 is 14.2 Å². The highest BCUT2D eigenvalue weighted by Gasteiger charge is 2.22. The Hall–Kier alpha value is -2.48. The van der Waals surface area contributed by atoms with Gasteiger partial charge in [-0.05, 0) is 30.9 Å². The number of benzene rings is 1. The molecular weight excluding hydrogens is 439 g/mol. The molecule has 1 aliphatic heterocycles. The number of pyridine rings is 2. The number of aromatic nitrogens is 2. The van der Waals surface area contributed by atoms with Crippen LogP contribution in [0.25, 0.3) is 22.0 Å². The minimum absolute atomic E-state index is 0.360. The van der Waals surface area contributed by atoms with Crippen LogP contribution in [0.2, 0.25) is 10.0 Å². The van der Waals surface area contributed by atoms with Crippen molar-refractivity contribution >= 4 is 45.6 Å².